The molecule has 0 spiro atoms. The van der Waals surface area contributed by atoms with Crippen molar-refractivity contribution in [3.63, 3.8) is 0 Å². The van der Waals surface area contributed by atoms with Gasteiger partial charge in [0.1, 0.15) is 0 Å². The second kappa shape index (κ2) is 5.85. The second-order valence-corrected chi connectivity index (χ2v) is 4.69. The number of aromatic nitrogens is 1. The zero-order valence-electron chi connectivity index (χ0n) is 11.7. The predicted octanol–water partition coefficient (Wildman–Crippen LogP) is 2.56. The molecule has 1 N–H and O–H groups in total. The molecular weight excluding hydrogens is 236 g/mol. The molecule has 0 atom stereocenters. The minimum absolute atomic E-state index is 0.0925. The van der Waals surface area contributed by atoms with Gasteiger partial charge in [0.15, 0.2) is 0 Å². The Labute approximate surface area is 113 Å². The van der Waals surface area contributed by atoms with E-state index in [4.69, 9.17) is 0 Å². The topological polar surface area (TPSA) is 34.0 Å². The van der Waals surface area contributed by atoms with Crippen molar-refractivity contribution in [3.8, 4) is 11.3 Å². The average molecular weight is 256 g/mol. The summed E-state index contributed by atoms with van der Waals surface area (Å²) in [6, 6.07) is 12.2. The Morgan fingerprint density at radius 1 is 1.11 bits per heavy atom. The third kappa shape index (κ3) is 2.76. The van der Waals surface area contributed by atoms with E-state index in [2.05, 4.69) is 36.5 Å². The summed E-state index contributed by atoms with van der Waals surface area (Å²) in [5, 5.41) is 3.03. The van der Waals surface area contributed by atoms with Crippen LogP contribution in [-0.2, 0) is 13.1 Å². The number of aryl methyl sites for hydroxylation is 1. The first-order valence-corrected chi connectivity index (χ1v) is 6.61. The molecule has 3 heteroatoms. The van der Waals surface area contributed by atoms with Gasteiger partial charge in [-0.1, -0.05) is 35.9 Å². The molecule has 0 amide bonds. The van der Waals surface area contributed by atoms with E-state index in [0.717, 1.165) is 16.8 Å². The summed E-state index contributed by atoms with van der Waals surface area (Å²) in [7, 11) is 1.85. The molecule has 1 heterocycles. The van der Waals surface area contributed by atoms with E-state index < -0.39 is 0 Å². The molecule has 0 radical (unpaired) electrons. The minimum Gasteiger partial charge on any atom is -0.315 e. The van der Waals surface area contributed by atoms with Gasteiger partial charge in [0.05, 0.1) is 5.69 Å². The smallest absolute Gasteiger partial charge is 0.255 e. The summed E-state index contributed by atoms with van der Waals surface area (Å²) >= 11 is 0. The molecule has 0 aliphatic carbocycles. The highest BCUT2D eigenvalue weighted by Gasteiger charge is 2.08. The zero-order chi connectivity index (χ0) is 13.8. The maximum Gasteiger partial charge on any atom is 0.255 e. The highest BCUT2D eigenvalue weighted by molar-refractivity contribution is 5.60. The summed E-state index contributed by atoms with van der Waals surface area (Å²) in [5.41, 5.74) is 4.18. The van der Waals surface area contributed by atoms with Gasteiger partial charge in [-0.15, -0.1) is 0 Å². The highest BCUT2D eigenvalue weighted by atomic mass is 16.1. The largest absolute Gasteiger partial charge is 0.315 e. The predicted molar refractivity (Wildman–Crippen MR) is 79.3 cm³/mol. The van der Waals surface area contributed by atoms with Crippen LogP contribution in [0.2, 0.25) is 0 Å². The Morgan fingerprint density at radius 3 is 2.37 bits per heavy atom. The van der Waals surface area contributed by atoms with E-state index in [9.17, 15) is 4.79 Å². The van der Waals surface area contributed by atoms with Crippen LogP contribution in [0.25, 0.3) is 11.3 Å². The van der Waals surface area contributed by atoms with Crippen LogP contribution < -0.4 is 10.9 Å². The van der Waals surface area contributed by atoms with Gasteiger partial charge in [-0.3, -0.25) is 4.79 Å². The molecule has 0 aliphatic heterocycles. The van der Waals surface area contributed by atoms with Crippen molar-refractivity contribution in [1.82, 2.24) is 9.88 Å². The van der Waals surface area contributed by atoms with E-state index in [1.165, 1.54) is 5.56 Å². The maximum atomic E-state index is 12.4. The SMILES string of the molecule is CCn1c(-c2ccc(C)cc2)ccc(CNC)c1=O. The normalized spacial score (nSPS) is 10.7. The number of hydrogen-bond donors (Lipinski definition) is 1. The third-order valence-corrected chi connectivity index (χ3v) is 3.28. The van der Waals surface area contributed by atoms with E-state index in [1.807, 2.05) is 30.7 Å². The van der Waals surface area contributed by atoms with E-state index >= 15 is 0 Å². The van der Waals surface area contributed by atoms with Crippen LogP contribution in [-0.4, -0.2) is 11.6 Å². The Kier molecular flexibility index (Phi) is 4.17. The second-order valence-electron chi connectivity index (χ2n) is 4.69. The van der Waals surface area contributed by atoms with Crippen LogP contribution >= 0.6 is 0 Å². The van der Waals surface area contributed by atoms with Crippen LogP contribution in [0.3, 0.4) is 0 Å². The molecule has 19 heavy (non-hydrogen) atoms. The molecule has 0 aliphatic rings. The fraction of sp³-hybridized carbons (Fsp3) is 0.312. The third-order valence-electron chi connectivity index (χ3n) is 3.28. The minimum atomic E-state index is 0.0925. The van der Waals surface area contributed by atoms with Crippen LogP contribution in [0.4, 0.5) is 0 Å². The summed E-state index contributed by atoms with van der Waals surface area (Å²) < 4.78 is 1.83. The van der Waals surface area contributed by atoms with Gasteiger partial charge >= 0.3 is 0 Å². The summed E-state index contributed by atoms with van der Waals surface area (Å²) in [5.74, 6) is 0. The lowest BCUT2D eigenvalue weighted by molar-refractivity contribution is 0.707. The number of rotatable bonds is 4. The monoisotopic (exact) mass is 256 g/mol. The van der Waals surface area contributed by atoms with Crippen molar-refractivity contribution in [2.24, 2.45) is 0 Å². The number of nitrogens with one attached hydrogen (secondary N) is 1. The average Bonchev–Trinajstić information content (AvgIpc) is 2.42. The molecule has 1 aromatic carbocycles. The number of benzene rings is 1. The van der Waals surface area contributed by atoms with Crippen LogP contribution in [0, 0.1) is 6.92 Å². The van der Waals surface area contributed by atoms with Gasteiger partial charge in [0, 0.05) is 18.7 Å². The van der Waals surface area contributed by atoms with Gasteiger partial charge in [0.25, 0.3) is 5.56 Å². The van der Waals surface area contributed by atoms with E-state index in [0.29, 0.717) is 13.1 Å². The molecule has 2 aromatic rings. The lowest BCUT2D eigenvalue weighted by Gasteiger charge is -2.13. The Hall–Kier alpha value is -1.87. The fourth-order valence-electron chi connectivity index (χ4n) is 2.24. The molecule has 0 unspecified atom stereocenters. The van der Waals surface area contributed by atoms with Gasteiger partial charge in [-0.2, -0.15) is 0 Å². The van der Waals surface area contributed by atoms with Crippen LogP contribution in [0.1, 0.15) is 18.1 Å². The quantitative estimate of drug-likeness (QED) is 0.912. The molecule has 0 saturated heterocycles. The standard InChI is InChI=1S/C16H20N2O/c1-4-18-15(13-7-5-12(2)6-8-13)10-9-14(11-17-3)16(18)19/h5-10,17H,4,11H2,1-3H3. The van der Waals surface area contributed by atoms with Gasteiger partial charge in [-0.25, -0.2) is 0 Å². The van der Waals surface area contributed by atoms with Crippen LogP contribution in [0.5, 0.6) is 0 Å². The van der Waals surface area contributed by atoms with Crippen molar-refractivity contribution in [2.45, 2.75) is 26.9 Å². The fourth-order valence-corrected chi connectivity index (χ4v) is 2.24. The first-order valence-electron chi connectivity index (χ1n) is 6.61. The first kappa shape index (κ1) is 13.6. The van der Waals surface area contributed by atoms with Gasteiger partial charge in [0.2, 0.25) is 0 Å². The molecule has 100 valence electrons. The van der Waals surface area contributed by atoms with Crippen molar-refractivity contribution >= 4 is 0 Å². The van der Waals surface area contributed by atoms with Crippen molar-refractivity contribution in [1.29, 1.82) is 0 Å². The highest BCUT2D eigenvalue weighted by Crippen LogP contribution is 2.19. The number of hydrogen-bond acceptors (Lipinski definition) is 2. The van der Waals surface area contributed by atoms with E-state index in [1.54, 1.807) is 0 Å². The molecule has 2 rings (SSSR count). The van der Waals surface area contributed by atoms with Gasteiger partial charge < -0.3 is 9.88 Å². The molecule has 0 bridgehead atoms. The molecular formula is C16H20N2O. The lowest BCUT2D eigenvalue weighted by Crippen LogP contribution is -2.26. The summed E-state index contributed by atoms with van der Waals surface area (Å²) in [6.45, 7) is 5.35. The van der Waals surface area contributed by atoms with Crippen molar-refractivity contribution in [3.05, 3.63) is 57.9 Å². The summed E-state index contributed by atoms with van der Waals surface area (Å²) in [4.78, 5) is 12.4. The summed E-state index contributed by atoms with van der Waals surface area (Å²) in [6.07, 6.45) is 0. The van der Waals surface area contributed by atoms with Crippen molar-refractivity contribution in [2.75, 3.05) is 7.05 Å². The zero-order valence-corrected chi connectivity index (χ0v) is 11.7. The van der Waals surface area contributed by atoms with Crippen LogP contribution in [0.15, 0.2) is 41.2 Å². The molecule has 0 saturated carbocycles. The first-order chi connectivity index (χ1) is 9.17. The van der Waals surface area contributed by atoms with E-state index in [-0.39, 0.29) is 5.56 Å². The Morgan fingerprint density at radius 2 is 1.79 bits per heavy atom. The number of nitrogens with zero attached hydrogens (tertiary/aromatic N) is 1. The Bertz CT molecular complexity index is 612. The molecule has 0 fully saturated rings. The van der Waals surface area contributed by atoms with Gasteiger partial charge in [-0.05, 0) is 32.5 Å². The lowest BCUT2D eigenvalue weighted by atomic mass is 10.1. The maximum absolute atomic E-state index is 12.4. The van der Waals surface area contributed by atoms with Crippen molar-refractivity contribution < 1.29 is 0 Å². The number of pyridine rings is 1. The molecule has 3 nitrogen and oxygen atoms in total. The molecule has 1 aromatic heterocycles. The Balaban J connectivity index is 2.55.